The van der Waals surface area contributed by atoms with Crippen LogP contribution >= 0.6 is 0 Å². The van der Waals surface area contributed by atoms with Crippen molar-refractivity contribution in [1.82, 2.24) is 12.3 Å². The number of fused-ring (bicyclic) bond motifs is 4. The van der Waals surface area contributed by atoms with Gasteiger partial charge in [-0.05, 0) is 57.9 Å². The van der Waals surface area contributed by atoms with E-state index in [1.807, 2.05) is 0 Å². The lowest BCUT2D eigenvalue weighted by Gasteiger charge is -2.17. The monoisotopic (exact) mass is 542 g/mol. The normalized spacial score (nSPS) is 10.4. The lowest BCUT2D eigenvalue weighted by Crippen LogP contribution is -1.98. The van der Waals surface area contributed by atoms with Crippen LogP contribution in [0.1, 0.15) is 20.7 Å². The lowest BCUT2D eigenvalue weighted by molar-refractivity contribution is -0.263. The fraction of sp³-hybridized carbons (Fsp3) is 0. The molecule has 40 heavy (non-hydrogen) atoms. The van der Waals surface area contributed by atoms with E-state index in [-0.39, 0.29) is 57.2 Å². The molecule has 0 heterocycles. The fourth-order valence-electron chi connectivity index (χ4n) is 4.50. The van der Waals surface area contributed by atoms with Crippen LogP contribution in [0.2, 0.25) is 0 Å². The van der Waals surface area contributed by atoms with Gasteiger partial charge in [0.25, 0.3) is 0 Å². The van der Waals surface area contributed by atoms with Gasteiger partial charge in [0.1, 0.15) is 11.5 Å². The van der Waals surface area contributed by atoms with Gasteiger partial charge in [0.15, 0.2) is 0 Å². The van der Waals surface area contributed by atoms with Crippen LogP contribution in [0.4, 0.5) is 0 Å². The second kappa shape index (κ2) is 11.0. The molecule has 0 aliphatic heterocycles. The third-order valence-electron chi connectivity index (χ3n) is 6.39. The summed E-state index contributed by atoms with van der Waals surface area (Å²) < 4.78 is 0. The van der Waals surface area contributed by atoms with Gasteiger partial charge in [-0.2, -0.15) is 0 Å². The maximum atomic E-state index is 12.3. The topological polar surface area (TPSA) is 234 Å². The number of rotatable bonds is 2. The molecule has 0 aliphatic carbocycles. The molecule has 12 N–H and O–H groups in total. The van der Waals surface area contributed by atoms with Crippen LogP contribution in [-0.4, -0.2) is 32.4 Å². The molecule has 0 bridgehead atoms. The summed E-state index contributed by atoms with van der Waals surface area (Å²) in [6.45, 7) is 0. The number of carboxylic acid groups (broad SMARTS) is 2. The predicted molar refractivity (Wildman–Crippen MR) is 151 cm³/mol. The van der Waals surface area contributed by atoms with Crippen molar-refractivity contribution in [3.63, 3.8) is 0 Å². The van der Waals surface area contributed by atoms with Crippen molar-refractivity contribution in [3.05, 3.63) is 96.1 Å². The Labute approximate surface area is 226 Å². The number of quaternary nitrogens is 2. The third-order valence-corrected chi connectivity index (χ3v) is 6.39. The summed E-state index contributed by atoms with van der Waals surface area (Å²) in [7, 11) is 0. The second-order valence-electron chi connectivity index (χ2n) is 8.58. The van der Waals surface area contributed by atoms with Gasteiger partial charge in [0.2, 0.25) is 0 Å². The highest BCUT2D eigenvalue weighted by atomic mass is 16.4. The maximum Gasteiger partial charge on any atom is 0.335 e. The Kier molecular flexibility index (Phi) is 8.00. The van der Waals surface area contributed by atoms with E-state index in [1.165, 1.54) is 36.4 Å². The highest BCUT2D eigenvalue weighted by Gasteiger charge is 2.12. The largest absolute Gasteiger partial charge is 0.872 e. The molecule has 6 aromatic carbocycles. The second-order valence-corrected chi connectivity index (χ2v) is 8.58. The average Bonchev–Trinajstić information content (AvgIpc) is 2.94. The molecule has 10 nitrogen and oxygen atoms in total. The molecule has 0 radical (unpaired) electrons. The summed E-state index contributed by atoms with van der Waals surface area (Å²) in [5.41, 5.74) is 0.0542. The van der Waals surface area contributed by atoms with E-state index in [2.05, 4.69) is 0 Å². The predicted octanol–water partition coefficient (Wildman–Crippen LogP) is 5.69. The molecule has 0 fully saturated rings. The highest BCUT2D eigenvalue weighted by Crippen LogP contribution is 2.41. The van der Waals surface area contributed by atoms with Crippen LogP contribution in [0.3, 0.4) is 0 Å². The summed E-state index contributed by atoms with van der Waals surface area (Å²) in [6, 6.07) is 21.7. The van der Waals surface area contributed by atoms with Crippen molar-refractivity contribution < 1.29 is 40.2 Å². The molecular formula is C30H26N2O8. The fourth-order valence-corrected chi connectivity index (χ4v) is 4.50. The summed E-state index contributed by atoms with van der Waals surface area (Å²) in [4.78, 5) is 21.9. The van der Waals surface area contributed by atoms with Gasteiger partial charge in [0.05, 0.1) is 11.1 Å². The van der Waals surface area contributed by atoms with Crippen molar-refractivity contribution in [3.8, 4) is 23.0 Å². The number of phenolic OH excluding ortho intramolecular Hbond substituents is 2. The number of phenols is 2. The molecular weight excluding hydrogens is 516 g/mol. The van der Waals surface area contributed by atoms with Gasteiger partial charge >= 0.3 is 11.9 Å². The molecule has 6 rings (SSSR count). The number of benzene rings is 6. The Hall–Kier alpha value is -5.58. The molecule has 204 valence electrons. The third kappa shape index (κ3) is 4.71. The van der Waals surface area contributed by atoms with E-state index < -0.39 is 11.9 Å². The number of hydrogen-bond acceptors (Lipinski definition) is 6. The van der Waals surface area contributed by atoms with Gasteiger partial charge in [-0.15, -0.1) is 0 Å². The number of aromatic hydroxyl groups is 2. The Balaban J connectivity index is 0.000000210. The molecule has 0 atom stereocenters. The molecule has 0 amide bonds. The van der Waals surface area contributed by atoms with Crippen molar-refractivity contribution in [2.45, 2.75) is 0 Å². The van der Waals surface area contributed by atoms with Gasteiger partial charge in [-0.3, -0.25) is 0 Å². The van der Waals surface area contributed by atoms with E-state index in [0.717, 1.165) is 0 Å². The van der Waals surface area contributed by atoms with Crippen molar-refractivity contribution >= 4 is 55.0 Å². The average molecular weight is 543 g/mol. The zero-order valence-corrected chi connectivity index (χ0v) is 21.5. The highest BCUT2D eigenvalue weighted by molar-refractivity contribution is 6.12. The van der Waals surface area contributed by atoms with Crippen molar-refractivity contribution in [2.24, 2.45) is 0 Å². The van der Waals surface area contributed by atoms with Crippen LogP contribution in [-0.2, 0) is 0 Å². The molecule has 0 spiro atoms. The van der Waals surface area contributed by atoms with Gasteiger partial charge < -0.3 is 42.9 Å². The smallest absolute Gasteiger partial charge is 0.335 e. The maximum absolute atomic E-state index is 12.3. The van der Waals surface area contributed by atoms with Crippen LogP contribution in [0.25, 0.3) is 43.1 Å². The standard InChI is InChI=1S/2C15H10O4.2H3N/c2*16-13-9-3-1-2-4-10(9)14(17)12-7-8(15(18)19)5-6-11(12)13;;/h2*1-7,16-17H,(H,18,19);2*1H3. The Morgan fingerprint density at radius 3 is 1.10 bits per heavy atom. The zero-order valence-electron chi connectivity index (χ0n) is 21.5. The number of hydrogen-bond donors (Lipinski definition) is 6. The summed E-state index contributed by atoms with van der Waals surface area (Å²) in [6.07, 6.45) is 0. The quantitative estimate of drug-likeness (QED) is 0.148. The first-order chi connectivity index (χ1) is 18.2. The van der Waals surface area contributed by atoms with Crippen molar-refractivity contribution in [2.75, 3.05) is 0 Å². The Morgan fingerprint density at radius 2 is 0.775 bits per heavy atom. The summed E-state index contributed by atoms with van der Waals surface area (Å²) in [5, 5.41) is 65.8. The van der Waals surface area contributed by atoms with E-state index in [0.29, 0.717) is 32.3 Å². The summed E-state index contributed by atoms with van der Waals surface area (Å²) in [5.74, 6) is -2.75. The van der Waals surface area contributed by atoms with Crippen molar-refractivity contribution in [1.29, 1.82) is 0 Å². The van der Waals surface area contributed by atoms with Crippen LogP contribution in [0.15, 0.2) is 84.9 Å². The number of aromatic carboxylic acids is 2. The molecule has 0 aliphatic rings. The minimum absolute atomic E-state index is 0. The first-order valence-corrected chi connectivity index (χ1v) is 11.3. The van der Waals surface area contributed by atoms with Crippen LogP contribution in [0, 0.1) is 0 Å². The summed E-state index contributed by atoms with van der Waals surface area (Å²) >= 11 is 0. The molecule has 0 aromatic heterocycles. The zero-order chi connectivity index (χ0) is 27.1. The van der Waals surface area contributed by atoms with E-state index in [4.69, 9.17) is 10.2 Å². The Bertz CT molecular complexity index is 1790. The Morgan fingerprint density at radius 1 is 0.475 bits per heavy atom. The molecule has 10 heteroatoms. The van der Waals surface area contributed by atoms with E-state index >= 15 is 0 Å². The SMILES string of the molecule is O=C(O)c1ccc2c(O)c3ccccc3c([O-])c2c1.O=C(O)c1ccc2c(O)c3ccccc3c([O-])c2c1.[NH4+].[NH4+]. The van der Waals surface area contributed by atoms with E-state index in [1.54, 1.807) is 48.5 Å². The molecule has 0 saturated heterocycles. The first kappa shape index (κ1) is 29.0. The minimum atomic E-state index is -1.10. The van der Waals surface area contributed by atoms with E-state index in [9.17, 15) is 30.0 Å². The molecule has 6 aromatic rings. The van der Waals surface area contributed by atoms with Gasteiger partial charge in [-0.1, -0.05) is 60.0 Å². The van der Waals surface area contributed by atoms with Gasteiger partial charge in [0, 0.05) is 21.5 Å². The number of carbonyl (C=O) groups is 2. The minimum Gasteiger partial charge on any atom is -0.872 e. The first-order valence-electron chi connectivity index (χ1n) is 11.3. The van der Waals surface area contributed by atoms with Crippen LogP contribution < -0.4 is 22.5 Å². The van der Waals surface area contributed by atoms with Crippen LogP contribution in [0.5, 0.6) is 23.0 Å². The molecule has 0 saturated carbocycles. The van der Waals surface area contributed by atoms with Gasteiger partial charge in [-0.25, -0.2) is 9.59 Å². The molecule has 0 unspecified atom stereocenters. The lowest BCUT2D eigenvalue weighted by atomic mass is 9.99. The number of carboxylic acids is 2.